The topological polar surface area (TPSA) is 105 Å². The number of carbonyl (C=O) groups is 1. The Bertz CT molecular complexity index is 1150. The second-order valence-electron chi connectivity index (χ2n) is 8.96. The van der Waals surface area contributed by atoms with Crippen LogP contribution in [-0.4, -0.2) is 88.2 Å². The molecule has 5 rings (SSSR count). The largest absolute Gasteiger partial charge is 0.369 e. The number of rotatable bonds is 6. The Balaban J connectivity index is 1.31. The molecule has 2 saturated heterocycles. The molecular weight excluding hydrogens is 430 g/mol. The Kier molecular flexibility index (Phi) is 6.31. The number of nitrogens with one attached hydrogen (secondary N) is 3. The van der Waals surface area contributed by atoms with Gasteiger partial charge < -0.3 is 25.3 Å². The number of piperidine rings is 1. The molecule has 0 spiro atoms. The molecule has 4 heterocycles. The van der Waals surface area contributed by atoms with Crippen LogP contribution in [0.25, 0.3) is 11.0 Å². The minimum absolute atomic E-state index is 0.0370. The molecule has 1 aromatic carbocycles. The lowest BCUT2D eigenvalue weighted by atomic mass is 10.1. The predicted molar refractivity (Wildman–Crippen MR) is 135 cm³/mol. The first-order chi connectivity index (χ1) is 16.6. The van der Waals surface area contributed by atoms with Crippen molar-refractivity contribution in [2.24, 2.45) is 0 Å². The van der Waals surface area contributed by atoms with Gasteiger partial charge in [0.1, 0.15) is 5.82 Å². The molecule has 3 aromatic rings. The molecule has 34 heavy (non-hydrogen) atoms. The number of piperazine rings is 1. The second kappa shape index (κ2) is 9.68. The van der Waals surface area contributed by atoms with E-state index in [-0.39, 0.29) is 11.9 Å². The number of benzene rings is 1. The Morgan fingerprint density at radius 3 is 2.71 bits per heavy atom. The van der Waals surface area contributed by atoms with Crippen molar-refractivity contribution in [2.75, 3.05) is 61.8 Å². The van der Waals surface area contributed by atoms with Gasteiger partial charge in [-0.15, -0.1) is 0 Å². The van der Waals surface area contributed by atoms with Crippen LogP contribution in [0.4, 0.5) is 23.1 Å². The molecule has 10 nitrogen and oxygen atoms in total. The number of amides is 1. The van der Waals surface area contributed by atoms with Gasteiger partial charge in [0.15, 0.2) is 5.65 Å². The van der Waals surface area contributed by atoms with E-state index in [1.165, 1.54) is 11.8 Å². The highest BCUT2D eigenvalue weighted by Crippen LogP contribution is 2.26. The lowest BCUT2D eigenvalue weighted by Crippen LogP contribution is -2.44. The van der Waals surface area contributed by atoms with Crippen molar-refractivity contribution in [3.05, 3.63) is 43.1 Å². The molecule has 0 aliphatic carbocycles. The third kappa shape index (κ3) is 4.81. The van der Waals surface area contributed by atoms with Crippen molar-refractivity contribution in [1.29, 1.82) is 0 Å². The van der Waals surface area contributed by atoms with Crippen molar-refractivity contribution in [1.82, 2.24) is 30.0 Å². The van der Waals surface area contributed by atoms with Gasteiger partial charge in [0.05, 0.1) is 11.6 Å². The number of H-pyrrole nitrogens is 1. The van der Waals surface area contributed by atoms with Gasteiger partial charge in [-0.1, -0.05) is 6.58 Å². The first kappa shape index (κ1) is 22.1. The van der Waals surface area contributed by atoms with Crippen LogP contribution in [0.15, 0.2) is 43.1 Å². The maximum Gasteiger partial charge on any atom is 0.246 e. The first-order valence-electron chi connectivity index (χ1n) is 11.8. The molecule has 1 unspecified atom stereocenters. The number of hydrogen-bond acceptors (Lipinski definition) is 8. The highest BCUT2D eigenvalue weighted by Gasteiger charge is 2.23. The van der Waals surface area contributed by atoms with Crippen molar-refractivity contribution in [3.63, 3.8) is 0 Å². The third-order valence-corrected chi connectivity index (χ3v) is 6.55. The number of fused-ring (bicyclic) bond motifs is 1. The monoisotopic (exact) mass is 461 g/mol. The van der Waals surface area contributed by atoms with Crippen LogP contribution in [0.3, 0.4) is 0 Å². The summed E-state index contributed by atoms with van der Waals surface area (Å²) >= 11 is 0. The lowest BCUT2D eigenvalue weighted by Gasteiger charge is -2.34. The van der Waals surface area contributed by atoms with Crippen molar-refractivity contribution in [2.45, 2.75) is 18.9 Å². The molecule has 1 atom stereocenters. The average Bonchev–Trinajstić information content (AvgIpc) is 3.34. The van der Waals surface area contributed by atoms with E-state index in [9.17, 15) is 4.79 Å². The molecule has 0 saturated carbocycles. The van der Waals surface area contributed by atoms with E-state index in [1.807, 2.05) is 4.90 Å². The summed E-state index contributed by atoms with van der Waals surface area (Å²) in [5.41, 5.74) is 2.80. The SMILES string of the molecule is C=CC(=O)N1CCCC(Nc2nc(Nc3ccc(N4CCN(C)CC4)cc3)nc3[nH]ncc23)C1. The number of likely N-dealkylation sites (tertiary alicyclic amines) is 1. The Morgan fingerprint density at radius 1 is 1.15 bits per heavy atom. The quantitative estimate of drug-likeness (QED) is 0.481. The Labute approximate surface area is 199 Å². The molecule has 2 fully saturated rings. The van der Waals surface area contributed by atoms with E-state index in [0.717, 1.165) is 56.6 Å². The van der Waals surface area contributed by atoms with Crippen LogP contribution in [0.1, 0.15) is 12.8 Å². The number of carbonyl (C=O) groups excluding carboxylic acids is 1. The van der Waals surface area contributed by atoms with Crippen molar-refractivity contribution < 1.29 is 4.79 Å². The molecule has 3 N–H and O–H groups in total. The maximum atomic E-state index is 12.1. The number of likely N-dealkylation sites (N-methyl/N-ethyl adjacent to an activating group) is 1. The van der Waals surface area contributed by atoms with Gasteiger partial charge in [-0.3, -0.25) is 9.89 Å². The van der Waals surface area contributed by atoms with Crippen LogP contribution in [0.5, 0.6) is 0 Å². The summed E-state index contributed by atoms with van der Waals surface area (Å²) in [5, 5.41) is 14.7. The molecule has 10 heteroatoms. The summed E-state index contributed by atoms with van der Waals surface area (Å²) in [5.74, 6) is 1.15. The predicted octanol–water partition coefficient (Wildman–Crippen LogP) is 2.44. The van der Waals surface area contributed by atoms with Crippen molar-refractivity contribution in [3.8, 4) is 0 Å². The average molecular weight is 462 g/mol. The fourth-order valence-corrected chi connectivity index (χ4v) is 4.57. The van der Waals surface area contributed by atoms with Crippen molar-refractivity contribution >= 4 is 40.1 Å². The minimum atomic E-state index is -0.0370. The van der Waals surface area contributed by atoms with E-state index >= 15 is 0 Å². The third-order valence-electron chi connectivity index (χ3n) is 6.55. The van der Waals surface area contributed by atoms with Crippen LogP contribution >= 0.6 is 0 Å². The number of nitrogens with zero attached hydrogens (tertiary/aromatic N) is 6. The summed E-state index contributed by atoms with van der Waals surface area (Å²) in [6.07, 6.45) is 4.99. The van der Waals surface area contributed by atoms with Crippen LogP contribution in [-0.2, 0) is 4.79 Å². The smallest absolute Gasteiger partial charge is 0.246 e. The molecule has 2 aliphatic heterocycles. The van der Waals surface area contributed by atoms with Crippen LogP contribution in [0, 0.1) is 0 Å². The van der Waals surface area contributed by atoms with E-state index in [0.29, 0.717) is 24.0 Å². The van der Waals surface area contributed by atoms with Gasteiger partial charge in [0, 0.05) is 56.7 Å². The van der Waals surface area contributed by atoms with Crippen LogP contribution in [0.2, 0.25) is 0 Å². The van der Waals surface area contributed by atoms with Gasteiger partial charge in [0.2, 0.25) is 11.9 Å². The van der Waals surface area contributed by atoms with Gasteiger partial charge in [-0.2, -0.15) is 15.1 Å². The standard InChI is InChI=1S/C24H31N9O/c1-3-21(34)33-10-4-5-18(16-33)26-22-20-15-25-30-23(20)29-24(28-22)27-17-6-8-19(9-7-17)32-13-11-31(2)12-14-32/h3,6-9,15,18H,1,4-5,10-14,16H2,2H3,(H3,25,26,27,28,29,30). The summed E-state index contributed by atoms with van der Waals surface area (Å²) < 4.78 is 0. The number of anilines is 4. The molecule has 2 aliphatic rings. The fourth-order valence-electron chi connectivity index (χ4n) is 4.57. The van der Waals surface area contributed by atoms with E-state index in [1.54, 1.807) is 6.20 Å². The first-order valence-corrected chi connectivity index (χ1v) is 11.8. The lowest BCUT2D eigenvalue weighted by molar-refractivity contribution is -0.127. The van der Waals surface area contributed by atoms with Gasteiger partial charge in [-0.05, 0) is 50.2 Å². The van der Waals surface area contributed by atoms with E-state index in [4.69, 9.17) is 4.98 Å². The zero-order valence-corrected chi connectivity index (χ0v) is 19.5. The summed E-state index contributed by atoms with van der Waals surface area (Å²) in [7, 11) is 2.16. The summed E-state index contributed by atoms with van der Waals surface area (Å²) in [6, 6.07) is 8.48. The Hall–Kier alpha value is -3.66. The minimum Gasteiger partial charge on any atom is -0.369 e. The normalized spacial score (nSPS) is 19.3. The van der Waals surface area contributed by atoms with E-state index < -0.39 is 0 Å². The van der Waals surface area contributed by atoms with E-state index in [2.05, 4.69) is 73.5 Å². The molecule has 2 aromatic heterocycles. The van der Waals surface area contributed by atoms with Gasteiger partial charge >= 0.3 is 0 Å². The summed E-state index contributed by atoms with van der Waals surface area (Å²) in [6.45, 7) is 9.21. The molecule has 0 bridgehead atoms. The fraction of sp³-hybridized carbons (Fsp3) is 0.417. The zero-order chi connectivity index (χ0) is 23.5. The molecule has 0 radical (unpaired) electrons. The van der Waals surface area contributed by atoms with Crippen LogP contribution < -0.4 is 15.5 Å². The zero-order valence-electron chi connectivity index (χ0n) is 19.5. The van der Waals surface area contributed by atoms with Gasteiger partial charge in [0.25, 0.3) is 0 Å². The maximum absolute atomic E-state index is 12.1. The Morgan fingerprint density at radius 2 is 1.94 bits per heavy atom. The molecule has 1 amide bonds. The summed E-state index contributed by atoms with van der Waals surface area (Å²) in [4.78, 5) is 28.0. The van der Waals surface area contributed by atoms with Gasteiger partial charge in [-0.25, -0.2) is 0 Å². The number of aromatic nitrogens is 4. The number of aromatic amines is 1. The molecular formula is C24H31N9O. The second-order valence-corrected chi connectivity index (χ2v) is 8.96. The highest BCUT2D eigenvalue weighted by molar-refractivity contribution is 5.88. The highest BCUT2D eigenvalue weighted by atomic mass is 16.2. The molecule has 178 valence electrons. The number of hydrogen-bond donors (Lipinski definition) is 3.